The van der Waals surface area contributed by atoms with E-state index in [0.29, 0.717) is 6.04 Å². The fraction of sp³-hybridized carbons (Fsp3) is 0.571. The molecule has 1 aliphatic carbocycles. The molecule has 94 valence electrons. The fourth-order valence-corrected chi connectivity index (χ4v) is 3.21. The Bertz CT molecular complexity index is 372. The summed E-state index contributed by atoms with van der Waals surface area (Å²) in [6.07, 6.45) is 5.34. The maximum Gasteiger partial charge on any atom is 0.0417 e. The van der Waals surface area contributed by atoms with Crippen LogP contribution in [0.3, 0.4) is 0 Å². The zero-order valence-electron chi connectivity index (χ0n) is 10.2. The van der Waals surface area contributed by atoms with Crippen molar-refractivity contribution in [3.63, 3.8) is 0 Å². The average Bonchev–Trinajstić information content (AvgIpc) is 2.30. The second-order valence-corrected chi connectivity index (χ2v) is 6.36. The lowest BCUT2D eigenvalue weighted by Crippen LogP contribution is -2.32. The first-order valence-electron chi connectivity index (χ1n) is 6.32. The smallest absolute Gasteiger partial charge is 0.0417 e. The highest BCUT2D eigenvalue weighted by Crippen LogP contribution is 2.25. The van der Waals surface area contributed by atoms with Gasteiger partial charge >= 0.3 is 0 Å². The number of hydrogen-bond acceptors (Lipinski definition) is 1. The quantitative estimate of drug-likeness (QED) is 0.847. The van der Waals surface area contributed by atoms with Crippen molar-refractivity contribution in [1.29, 1.82) is 0 Å². The van der Waals surface area contributed by atoms with Crippen molar-refractivity contribution in [3.8, 4) is 0 Å². The molecule has 0 saturated heterocycles. The van der Waals surface area contributed by atoms with Gasteiger partial charge in [-0.05, 0) is 49.3 Å². The van der Waals surface area contributed by atoms with E-state index in [2.05, 4.69) is 34.2 Å². The number of halogens is 2. The highest BCUT2D eigenvalue weighted by atomic mass is 79.9. The van der Waals surface area contributed by atoms with Gasteiger partial charge in [0.2, 0.25) is 0 Å². The predicted octanol–water partition coefficient (Wildman–Crippen LogP) is 4.77. The third-order valence-corrected chi connectivity index (χ3v) is 4.59. The third-order valence-electron chi connectivity index (χ3n) is 3.61. The first kappa shape index (κ1) is 13.4. The Hall–Kier alpha value is -0.0500. The lowest BCUT2D eigenvalue weighted by Gasteiger charge is -2.27. The molecule has 1 N–H and O–H groups in total. The molecule has 1 nitrogen and oxygen atoms in total. The molecular weight excluding hydrogens is 298 g/mol. The molecule has 1 fully saturated rings. The van der Waals surface area contributed by atoms with E-state index in [1.807, 2.05) is 12.1 Å². The lowest BCUT2D eigenvalue weighted by atomic mass is 9.87. The fourth-order valence-electron chi connectivity index (χ4n) is 2.38. The standard InChI is InChI=1S/C14H19BrClN/c1-10-2-6-13(7-3-10)17-9-11-4-5-12(16)8-14(11)15/h4-5,8,10,13,17H,2-3,6-7,9H2,1H3. The predicted molar refractivity (Wildman–Crippen MR) is 77.4 cm³/mol. The monoisotopic (exact) mass is 315 g/mol. The Kier molecular flexibility index (Phi) is 4.89. The number of nitrogens with one attached hydrogen (secondary N) is 1. The van der Waals surface area contributed by atoms with Crippen LogP contribution in [0.25, 0.3) is 0 Å². The van der Waals surface area contributed by atoms with Gasteiger partial charge in [0.1, 0.15) is 0 Å². The Morgan fingerprint density at radius 2 is 2.00 bits per heavy atom. The summed E-state index contributed by atoms with van der Waals surface area (Å²) in [7, 11) is 0. The highest BCUT2D eigenvalue weighted by Gasteiger charge is 2.17. The van der Waals surface area contributed by atoms with E-state index in [1.54, 1.807) is 0 Å². The molecule has 0 heterocycles. The SMILES string of the molecule is CC1CCC(NCc2ccc(Cl)cc2Br)CC1. The van der Waals surface area contributed by atoms with E-state index < -0.39 is 0 Å². The van der Waals surface area contributed by atoms with Gasteiger partial charge in [-0.1, -0.05) is 40.5 Å². The van der Waals surface area contributed by atoms with Crippen LogP contribution in [0, 0.1) is 5.92 Å². The van der Waals surface area contributed by atoms with E-state index in [0.717, 1.165) is 22.0 Å². The van der Waals surface area contributed by atoms with Crippen molar-refractivity contribution in [2.45, 2.75) is 45.2 Å². The van der Waals surface area contributed by atoms with E-state index in [1.165, 1.54) is 31.2 Å². The van der Waals surface area contributed by atoms with Crippen molar-refractivity contribution in [1.82, 2.24) is 5.32 Å². The normalized spacial score (nSPS) is 24.9. The summed E-state index contributed by atoms with van der Waals surface area (Å²) in [5, 5.41) is 4.43. The van der Waals surface area contributed by atoms with E-state index in [9.17, 15) is 0 Å². The summed E-state index contributed by atoms with van der Waals surface area (Å²) in [4.78, 5) is 0. The van der Waals surface area contributed by atoms with Crippen LogP contribution in [-0.4, -0.2) is 6.04 Å². The molecule has 17 heavy (non-hydrogen) atoms. The molecule has 1 saturated carbocycles. The van der Waals surface area contributed by atoms with E-state index >= 15 is 0 Å². The molecule has 0 bridgehead atoms. The highest BCUT2D eigenvalue weighted by molar-refractivity contribution is 9.10. The van der Waals surface area contributed by atoms with Crippen LogP contribution in [0.5, 0.6) is 0 Å². The Balaban J connectivity index is 1.85. The zero-order chi connectivity index (χ0) is 12.3. The third kappa shape index (κ3) is 3.97. The molecule has 3 heteroatoms. The van der Waals surface area contributed by atoms with Gasteiger partial charge in [-0.3, -0.25) is 0 Å². The summed E-state index contributed by atoms with van der Waals surface area (Å²) in [5.74, 6) is 0.912. The molecule has 0 aromatic heterocycles. The van der Waals surface area contributed by atoms with Gasteiger partial charge in [0.25, 0.3) is 0 Å². The average molecular weight is 317 g/mol. The first-order chi connectivity index (χ1) is 8.15. The molecule has 0 atom stereocenters. The summed E-state index contributed by atoms with van der Waals surface area (Å²) in [6, 6.07) is 6.69. The molecule has 0 aliphatic heterocycles. The minimum absolute atomic E-state index is 0.689. The maximum atomic E-state index is 5.93. The largest absolute Gasteiger partial charge is 0.310 e. The summed E-state index contributed by atoms with van der Waals surface area (Å²) >= 11 is 9.49. The van der Waals surface area contributed by atoms with Crippen LogP contribution in [-0.2, 0) is 6.54 Å². The zero-order valence-corrected chi connectivity index (χ0v) is 12.5. The Morgan fingerprint density at radius 1 is 1.29 bits per heavy atom. The van der Waals surface area contributed by atoms with E-state index in [4.69, 9.17) is 11.6 Å². The van der Waals surface area contributed by atoms with Crippen molar-refractivity contribution in [2.24, 2.45) is 5.92 Å². The summed E-state index contributed by atoms with van der Waals surface area (Å²) in [6.45, 7) is 3.28. The summed E-state index contributed by atoms with van der Waals surface area (Å²) in [5.41, 5.74) is 1.29. The van der Waals surface area contributed by atoms with Gasteiger partial charge < -0.3 is 5.32 Å². The molecule has 1 aromatic rings. The molecular formula is C14H19BrClN. The Morgan fingerprint density at radius 3 is 2.65 bits per heavy atom. The number of hydrogen-bond donors (Lipinski definition) is 1. The first-order valence-corrected chi connectivity index (χ1v) is 7.49. The topological polar surface area (TPSA) is 12.0 Å². The van der Waals surface area contributed by atoms with Gasteiger partial charge in [0.05, 0.1) is 0 Å². The van der Waals surface area contributed by atoms with Crippen LogP contribution in [0.2, 0.25) is 5.02 Å². The summed E-state index contributed by atoms with van der Waals surface area (Å²) < 4.78 is 1.10. The second-order valence-electron chi connectivity index (χ2n) is 5.07. The minimum Gasteiger partial charge on any atom is -0.310 e. The van der Waals surface area contributed by atoms with Crippen molar-refractivity contribution >= 4 is 27.5 Å². The van der Waals surface area contributed by atoms with Crippen molar-refractivity contribution in [3.05, 3.63) is 33.3 Å². The van der Waals surface area contributed by atoms with Gasteiger partial charge in [-0.2, -0.15) is 0 Å². The minimum atomic E-state index is 0.689. The molecule has 1 aliphatic rings. The van der Waals surface area contributed by atoms with Gasteiger partial charge in [0, 0.05) is 22.1 Å². The van der Waals surface area contributed by atoms with E-state index in [-0.39, 0.29) is 0 Å². The van der Waals surface area contributed by atoms with Gasteiger partial charge in [-0.25, -0.2) is 0 Å². The van der Waals surface area contributed by atoms with Crippen molar-refractivity contribution < 1.29 is 0 Å². The maximum absolute atomic E-state index is 5.93. The van der Waals surface area contributed by atoms with Gasteiger partial charge in [0.15, 0.2) is 0 Å². The van der Waals surface area contributed by atoms with Crippen molar-refractivity contribution in [2.75, 3.05) is 0 Å². The lowest BCUT2D eigenvalue weighted by molar-refractivity contribution is 0.306. The van der Waals surface area contributed by atoms with Crippen LogP contribution < -0.4 is 5.32 Å². The molecule has 0 radical (unpaired) electrons. The molecule has 0 amide bonds. The molecule has 1 aromatic carbocycles. The van der Waals surface area contributed by atoms with Crippen LogP contribution in [0.1, 0.15) is 38.2 Å². The number of rotatable bonds is 3. The van der Waals surface area contributed by atoms with Crippen LogP contribution in [0.4, 0.5) is 0 Å². The number of benzene rings is 1. The van der Waals surface area contributed by atoms with Gasteiger partial charge in [-0.15, -0.1) is 0 Å². The van der Waals surface area contributed by atoms with Crippen LogP contribution in [0.15, 0.2) is 22.7 Å². The second kappa shape index (κ2) is 6.21. The molecule has 0 unspecified atom stereocenters. The Labute approximate surface area is 117 Å². The molecule has 0 spiro atoms. The molecule has 2 rings (SSSR count). The van der Waals surface area contributed by atoms with Crippen LogP contribution >= 0.6 is 27.5 Å².